The molecule has 1 saturated heterocycles. The van der Waals surface area contributed by atoms with Crippen LogP contribution in [0.15, 0.2) is 24.5 Å². The Morgan fingerprint density at radius 3 is 2.59 bits per heavy atom. The summed E-state index contributed by atoms with van der Waals surface area (Å²) >= 11 is 6.47. The molecular formula is C15H17BClN3O2. The number of pyridine rings is 1. The summed E-state index contributed by atoms with van der Waals surface area (Å²) in [6.07, 6.45) is 3.77. The number of nitrogens with zero attached hydrogens (tertiary/aromatic N) is 2. The highest BCUT2D eigenvalue weighted by Gasteiger charge is 2.51. The lowest BCUT2D eigenvalue weighted by Gasteiger charge is -2.32. The minimum absolute atomic E-state index is 0.380. The molecule has 4 rings (SSSR count). The quantitative estimate of drug-likeness (QED) is 0.702. The van der Waals surface area contributed by atoms with Crippen molar-refractivity contribution in [3.8, 4) is 0 Å². The van der Waals surface area contributed by atoms with E-state index >= 15 is 0 Å². The molecule has 114 valence electrons. The molecule has 1 aliphatic heterocycles. The predicted octanol–water partition coefficient (Wildman–Crippen LogP) is 2.77. The second kappa shape index (κ2) is 4.28. The summed E-state index contributed by atoms with van der Waals surface area (Å²) in [5.41, 5.74) is 1.80. The summed E-state index contributed by atoms with van der Waals surface area (Å²) in [6, 6.07) is 3.87. The maximum atomic E-state index is 6.47. The summed E-state index contributed by atoms with van der Waals surface area (Å²) in [6.45, 7) is 8.13. The average Bonchev–Trinajstić information content (AvgIpc) is 3.01. The number of hydrogen-bond donors (Lipinski definition) is 1. The number of nitrogens with one attached hydrogen (secondary N) is 1. The second-order valence-corrected chi connectivity index (χ2v) is 7.15. The SMILES string of the molecule is CC1(C)OB(c2cc(Cl)c3c4cc[nH]c4nn3c2)OC1(C)C. The number of aromatic amines is 1. The van der Waals surface area contributed by atoms with E-state index in [2.05, 4.69) is 10.1 Å². The molecule has 3 aromatic rings. The van der Waals surface area contributed by atoms with E-state index in [4.69, 9.17) is 20.9 Å². The first-order chi connectivity index (χ1) is 10.3. The van der Waals surface area contributed by atoms with Crippen LogP contribution in [-0.4, -0.2) is 32.9 Å². The van der Waals surface area contributed by atoms with Crippen molar-refractivity contribution < 1.29 is 9.31 Å². The molecule has 1 fully saturated rings. The first-order valence-electron chi connectivity index (χ1n) is 7.29. The highest BCUT2D eigenvalue weighted by Crippen LogP contribution is 2.36. The van der Waals surface area contributed by atoms with Gasteiger partial charge in [-0.05, 0) is 39.8 Å². The van der Waals surface area contributed by atoms with E-state index in [0.29, 0.717) is 5.02 Å². The Balaban J connectivity index is 1.83. The van der Waals surface area contributed by atoms with Crippen molar-refractivity contribution in [2.24, 2.45) is 0 Å². The Kier molecular flexibility index (Phi) is 2.75. The first-order valence-corrected chi connectivity index (χ1v) is 7.67. The summed E-state index contributed by atoms with van der Waals surface area (Å²) in [4.78, 5) is 3.10. The van der Waals surface area contributed by atoms with E-state index < -0.39 is 7.12 Å². The smallest absolute Gasteiger partial charge is 0.399 e. The van der Waals surface area contributed by atoms with Crippen LogP contribution in [0.2, 0.25) is 5.02 Å². The van der Waals surface area contributed by atoms with E-state index in [1.165, 1.54) is 0 Å². The highest BCUT2D eigenvalue weighted by molar-refractivity contribution is 6.62. The van der Waals surface area contributed by atoms with Gasteiger partial charge >= 0.3 is 7.12 Å². The fourth-order valence-corrected chi connectivity index (χ4v) is 3.06. The van der Waals surface area contributed by atoms with Gasteiger partial charge in [0.2, 0.25) is 0 Å². The van der Waals surface area contributed by atoms with Crippen molar-refractivity contribution in [2.75, 3.05) is 0 Å². The fourth-order valence-electron chi connectivity index (χ4n) is 2.75. The van der Waals surface area contributed by atoms with Crippen LogP contribution in [0, 0.1) is 0 Å². The van der Waals surface area contributed by atoms with E-state index in [-0.39, 0.29) is 11.2 Å². The fraction of sp³-hybridized carbons (Fsp3) is 0.400. The molecule has 5 nitrogen and oxygen atoms in total. The Hall–Kier alpha value is -1.50. The Labute approximate surface area is 133 Å². The van der Waals surface area contributed by atoms with Gasteiger partial charge in [-0.2, -0.15) is 0 Å². The van der Waals surface area contributed by atoms with Crippen LogP contribution in [0.4, 0.5) is 0 Å². The monoisotopic (exact) mass is 317 g/mol. The predicted molar refractivity (Wildman–Crippen MR) is 87.8 cm³/mol. The number of H-pyrrole nitrogens is 1. The van der Waals surface area contributed by atoms with Crippen LogP contribution < -0.4 is 5.46 Å². The lowest BCUT2D eigenvalue weighted by molar-refractivity contribution is 0.00578. The minimum Gasteiger partial charge on any atom is -0.399 e. The third-order valence-electron chi connectivity index (χ3n) is 4.73. The van der Waals surface area contributed by atoms with Crippen molar-refractivity contribution >= 4 is 40.7 Å². The molecule has 0 bridgehead atoms. The molecule has 0 spiro atoms. The van der Waals surface area contributed by atoms with Crippen molar-refractivity contribution in [2.45, 2.75) is 38.9 Å². The Bertz CT molecular complexity index is 868. The third kappa shape index (κ3) is 1.84. The highest BCUT2D eigenvalue weighted by atomic mass is 35.5. The lowest BCUT2D eigenvalue weighted by Crippen LogP contribution is -2.41. The number of hydrogen-bond acceptors (Lipinski definition) is 3. The lowest BCUT2D eigenvalue weighted by atomic mass is 9.80. The number of aromatic nitrogens is 3. The van der Waals surface area contributed by atoms with Crippen LogP contribution >= 0.6 is 11.6 Å². The molecule has 4 heterocycles. The van der Waals surface area contributed by atoms with Crippen LogP contribution in [-0.2, 0) is 9.31 Å². The van der Waals surface area contributed by atoms with Gasteiger partial charge in [-0.15, -0.1) is 5.10 Å². The van der Waals surface area contributed by atoms with Crippen LogP contribution in [0.1, 0.15) is 27.7 Å². The van der Waals surface area contributed by atoms with Gasteiger partial charge in [-0.25, -0.2) is 4.52 Å². The first kappa shape index (κ1) is 14.1. The molecule has 0 amide bonds. The third-order valence-corrected chi connectivity index (χ3v) is 5.02. The van der Waals surface area contributed by atoms with Crippen LogP contribution in [0.3, 0.4) is 0 Å². The van der Waals surface area contributed by atoms with Gasteiger partial charge in [0.15, 0.2) is 5.65 Å². The van der Waals surface area contributed by atoms with Crippen molar-refractivity contribution in [3.05, 3.63) is 29.5 Å². The number of halogens is 1. The second-order valence-electron chi connectivity index (χ2n) is 6.74. The van der Waals surface area contributed by atoms with Gasteiger partial charge in [0.05, 0.1) is 21.7 Å². The Morgan fingerprint density at radius 2 is 1.91 bits per heavy atom. The molecule has 0 aromatic carbocycles. The molecular weight excluding hydrogens is 300 g/mol. The number of fused-ring (bicyclic) bond motifs is 3. The molecule has 1 aliphatic rings. The largest absolute Gasteiger partial charge is 0.496 e. The molecule has 0 saturated carbocycles. The van der Waals surface area contributed by atoms with Gasteiger partial charge in [-0.1, -0.05) is 11.6 Å². The standard InChI is InChI=1S/C15H17BClN3O2/c1-14(2)15(3,4)22-16(21-14)9-7-11(17)12-10-5-6-18-13(10)19-20(12)8-9/h5-8H,1-4H3,(H,18,19). The van der Waals surface area contributed by atoms with Gasteiger partial charge < -0.3 is 14.3 Å². The molecule has 22 heavy (non-hydrogen) atoms. The summed E-state index contributed by atoms with van der Waals surface area (Å²) < 4.78 is 13.9. The molecule has 3 aromatic heterocycles. The van der Waals surface area contributed by atoms with E-state index in [0.717, 1.165) is 22.0 Å². The summed E-state index contributed by atoms with van der Waals surface area (Å²) in [5.74, 6) is 0. The molecule has 0 aliphatic carbocycles. The molecule has 0 atom stereocenters. The maximum Gasteiger partial charge on any atom is 0.496 e. The zero-order valence-corrected chi connectivity index (χ0v) is 13.7. The van der Waals surface area contributed by atoms with Gasteiger partial charge in [-0.3, -0.25) is 0 Å². The zero-order chi connectivity index (χ0) is 15.7. The summed E-state index contributed by atoms with van der Waals surface area (Å²) in [7, 11) is -0.450. The van der Waals surface area contributed by atoms with E-state index in [9.17, 15) is 0 Å². The Morgan fingerprint density at radius 1 is 1.23 bits per heavy atom. The molecule has 1 N–H and O–H groups in total. The van der Waals surface area contributed by atoms with E-state index in [1.807, 2.05) is 52.2 Å². The maximum absolute atomic E-state index is 6.47. The number of rotatable bonds is 1. The van der Waals surface area contributed by atoms with E-state index in [1.54, 1.807) is 4.52 Å². The topological polar surface area (TPSA) is 51.5 Å². The van der Waals surface area contributed by atoms with Gasteiger partial charge in [0.1, 0.15) is 0 Å². The van der Waals surface area contributed by atoms with Crippen LogP contribution in [0.5, 0.6) is 0 Å². The zero-order valence-electron chi connectivity index (χ0n) is 13.0. The minimum atomic E-state index is -0.450. The molecule has 7 heteroatoms. The molecule has 0 radical (unpaired) electrons. The van der Waals surface area contributed by atoms with Crippen molar-refractivity contribution in [1.29, 1.82) is 0 Å². The van der Waals surface area contributed by atoms with Gasteiger partial charge in [0, 0.05) is 23.2 Å². The summed E-state index contributed by atoms with van der Waals surface area (Å²) in [5, 5.41) is 6.15. The van der Waals surface area contributed by atoms with Gasteiger partial charge in [0.25, 0.3) is 0 Å². The normalized spacial score (nSPS) is 20.3. The molecule has 0 unspecified atom stereocenters. The average molecular weight is 318 g/mol. The van der Waals surface area contributed by atoms with Crippen molar-refractivity contribution in [1.82, 2.24) is 14.6 Å². The van der Waals surface area contributed by atoms with Crippen molar-refractivity contribution in [3.63, 3.8) is 0 Å². The van der Waals surface area contributed by atoms with Crippen LogP contribution in [0.25, 0.3) is 16.6 Å².